The Hall–Kier alpha value is -0.970. The minimum Gasteiger partial charge on any atom is -0.394 e. The van der Waals surface area contributed by atoms with E-state index in [0.29, 0.717) is 5.56 Å². The minimum absolute atomic E-state index is 0.185. The molecule has 0 aliphatic carbocycles. The SMILES string of the molecule is O=c1[nH]c(=O)n([C@H]2C[C@@H](O)[C@H](CO)O2)cc1C=CI. The third-order valence-corrected chi connectivity index (χ3v) is 3.29. The van der Waals surface area contributed by atoms with E-state index in [1.807, 2.05) is 22.6 Å². The fourth-order valence-electron chi connectivity index (χ4n) is 1.95. The van der Waals surface area contributed by atoms with Gasteiger partial charge in [0.05, 0.1) is 18.3 Å². The molecule has 0 radical (unpaired) electrons. The Morgan fingerprint density at radius 3 is 2.89 bits per heavy atom. The van der Waals surface area contributed by atoms with E-state index in [1.165, 1.54) is 10.8 Å². The van der Waals surface area contributed by atoms with E-state index in [0.717, 1.165) is 0 Å². The fourth-order valence-corrected chi connectivity index (χ4v) is 2.34. The van der Waals surface area contributed by atoms with Crippen LogP contribution >= 0.6 is 22.6 Å². The van der Waals surface area contributed by atoms with E-state index in [4.69, 9.17) is 9.84 Å². The summed E-state index contributed by atoms with van der Waals surface area (Å²) in [5, 5.41) is 18.7. The Bertz CT molecular complexity index is 593. The molecule has 1 fully saturated rings. The number of hydrogen-bond donors (Lipinski definition) is 3. The molecule has 2 rings (SSSR count). The number of hydrogen-bond acceptors (Lipinski definition) is 5. The average Bonchev–Trinajstić information content (AvgIpc) is 2.74. The maximum atomic E-state index is 11.7. The summed E-state index contributed by atoms with van der Waals surface area (Å²) in [5.41, 5.74) is -0.766. The molecule has 3 atom stereocenters. The van der Waals surface area contributed by atoms with Gasteiger partial charge in [0.25, 0.3) is 5.56 Å². The third-order valence-electron chi connectivity index (χ3n) is 2.93. The highest BCUT2D eigenvalue weighted by Gasteiger charge is 2.35. The van der Waals surface area contributed by atoms with Crippen LogP contribution in [0.2, 0.25) is 0 Å². The van der Waals surface area contributed by atoms with E-state index in [-0.39, 0.29) is 13.0 Å². The fraction of sp³-hybridized carbons (Fsp3) is 0.455. The van der Waals surface area contributed by atoms with Crippen LogP contribution in [0.1, 0.15) is 18.2 Å². The second kappa shape index (κ2) is 5.99. The number of halogens is 1. The number of nitrogens with zero attached hydrogens (tertiary/aromatic N) is 1. The summed E-state index contributed by atoms with van der Waals surface area (Å²) >= 11 is 1.96. The Morgan fingerprint density at radius 2 is 2.32 bits per heavy atom. The van der Waals surface area contributed by atoms with E-state index < -0.39 is 29.7 Å². The van der Waals surface area contributed by atoms with Gasteiger partial charge in [-0.2, -0.15) is 0 Å². The van der Waals surface area contributed by atoms with Gasteiger partial charge in [-0.3, -0.25) is 14.3 Å². The average molecular weight is 380 g/mol. The zero-order chi connectivity index (χ0) is 14.0. The molecule has 19 heavy (non-hydrogen) atoms. The Morgan fingerprint density at radius 1 is 1.58 bits per heavy atom. The number of aliphatic hydroxyl groups is 2. The van der Waals surface area contributed by atoms with Crippen molar-refractivity contribution < 1.29 is 14.9 Å². The summed E-state index contributed by atoms with van der Waals surface area (Å²) < 4.78 is 8.24. The van der Waals surface area contributed by atoms with E-state index in [9.17, 15) is 14.7 Å². The summed E-state index contributed by atoms with van der Waals surface area (Å²) in [6, 6.07) is 0. The molecule has 2 heterocycles. The Labute approximate surface area is 121 Å². The Kier molecular flexibility index (Phi) is 4.55. The zero-order valence-corrected chi connectivity index (χ0v) is 12.0. The molecule has 7 nitrogen and oxygen atoms in total. The first-order chi connectivity index (χ1) is 9.06. The van der Waals surface area contributed by atoms with E-state index in [1.54, 1.807) is 10.2 Å². The van der Waals surface area contributed by atoms with Gasteiger partial charge in [-0.15, -0.1) is 0 Å². The van der Waals surface area contributed by atoms with Crippen molar-refractivity contribution >= 4 is 28.7 Å². The van der Waals surface area contributed by atoms with Crippen LogP contribution in [0, 0.1) is 0 Å². The molecular weight excluding hydrogens is 367 g/mol. The second-order valence-corrected chi connectivity index (χ2v) is 4.88. The number of aromatic nitrogens is 2. The standard InChI is InChI=1S/C11H13IN2O5/c12-2-1-6-4-14(11(18)13-10(6)17)9-3-7(16)8(5-15)19-9/h1-2,4,7-9,15-16H,3,5H2,(H,13,17,18)/t7-,8+,9-/m1/s1. The summed E-state index contributed by atoms with van der Waals surface area (Å²) in [7, 11) is 0. The van der Waals surface area contributed by atoms with Gasteiger partial charge in [0.2, 0.25) is 0 Å². The predicted molar refractivity (Wildman–Crippen MR) is 76.0 cm³/mol. The summed E-state index contributed by atoms with van der Waals surface area (Å²) in [5.74, 6) is 0. The molecule has 0 amide bonds. The highest BCUT2D eigenvalue weighted by molar-refractivity contribution is 14.1. The molecule has 1 aromatic rings. The van der Waals surface area contributed by atoms with Gasteiger partial charge in [-0.1, -0.05) is 22.6 Å². The molecule has 104 valence electrons. The van der Waals surface area contributed by atoms with Crippen molar-refractivity contribution in [1.82, 2.24) is 9.55 Å². The first-order valence-corrected chi connectivity index (χ1v) is 6.88. The van der Waals surface area contributed by atoms with E-state index >= 15 is 0 Å². The van der Waals surface area contributed by atoms with Crippen molar-refractivity contribution in [3.8, 4) is 0 Å². The summed E-state index contributed by atoms with van der Waals surface area (Å²) in [6.07, 6.45) is 0.880. The van der Waals surface area contributed by atoms with Crippen molar-refractivity contribution in [1.29, 1.82) is 0 Å². The molecule has 1 saturated heterocycles. The third kappa shape index (κ3) is 2.96. The smallest absolute Gasteiger partial charge is 0.330 e. The van der Waals surface area contributed by atoms with Crippen molar-refractivity contribution in [3.63, 3.8) is 0 Å². The van der Waals surface area contributed by atoms with Crippen LogP contribution < -0.4 is 11.2 Å². The lowest BCUT2D eigenvalue weighted by Gasteiger charge is -2.14. The molecule has 1 aliphatic heterocycles. The molecule has 0 saturated carbocycles. The first kappa shape index (κ1) is 14.4. The number of nitrogens with one attached hydrogen (secondary N) is 1. The second-order valence-electron chi connectivity index (χ2n) is 4.16. The van der Waals surface area contributed by atoms with Gasteiger partial charge < -0.3 is 14.9 Å². The van der Waals surface area contributed by atoms with E-state index in [2.05, 4.69) is 4.98 Å². The van der Waals surface area contributed by atoms with Crippen molar-refractivity contribution in [3.05, 3.63) is 36.7 Å². The molecule has 0 spiro atoms. The van der Waals surface area contributed by atoms with Gasteiger partial charge in [0.15, 0.2) is 0 Å². The number of aliphatic hydroxyl groups excluding tert-OH is 2. The van der Waals surface area contributed by atoms with Crippen molar-refractivity contribution in [2.75, 3.05) is 6.61 Å². The van der Waals surface area contributed by atoms with Gasteiger partial charge in [-0.25, -0.2) is 4.79 Å². The predicted octanol–water partition coefficient (Wildman–Crippen LogP) is -0.417. The normalized spacial score (nSPS) is 27.2. The number of aromatic amines is 1. The summed E-state index contributed by atoms with van der Waals surface area (Å²) in [4.78, 5) is 25.5. The van der Waals surface area contributed by atoms with Crippen LogP contribution in [0.4, 0.5) is 0 Å². The number of H-pyrrole nitrogens is 1. The summed E-state index contributed by atoms with van der Waals surface area (Å²) in [6.45, 7) is -0.323. The van der Waals surface area contributed by atoms with Crippen molar-refractivity contribution in [2.24, 2.45) is 0 Å². The van der Waals surface area contributed by atoms with Crippen molar-refractivity contribution in [2.45, 2.75) is 24.9 Å². The lowest BCUT2D eigenvalue weighted by molar-refractivity contribution is -0.0459. The minimum atomic E-state index is -0.836. The lowest BCUT2D eigenvalue weighted by Crippen LogP contribution is -2.33. The molecule has 0 aromatic carbocycles. The van der Waals surface area contributed by atoms with Gasteiger partial charge in [-0.05, 0) is 10.2 Å². The van der Waals surface area contributed by atoms with Crippen LogP contribution in [0.3, 0.4) is 0 Å². The maximum absolute atomic E-state index is 11.7. The molecule has 0 bridgehead atoms. The monoisotopic (exact) mass is 380 g/mol. The van der Waals surface area contributed by atoms with Gasteiger partial charge >= 0.3 is 5.69 Å². The topological polar surface area (TPSA) is 105 Å². The van der Waals surface area contributed by atoms with Crippen LogP contribution in [-0.4, -0.2) is 38.6 Å². The number of rotatable bonds is 3. The maximum Gasteiger partial charge on any atom is 0.330 e. The van der Waals surface area contributed by atoms with Crippen LogP contribution in [-0.2, 0) is 4.74 Å². The van der Waals surface area contributed by atoms with Gasteiger partial charge in [0, 0.05) is 12.6 Å². The molecule has 1 aromatic heterocycles. The Balaban J connectivity index is 2.38. The van der Waals surface area contributed by atoms with Crippen LogP contribution in [0.15, 0.2) is 19.9 Å². The zero-order valence-electron chi connectivity index (χ0n) is 9.82. The highest BCUT2D eigenvalue weighted by Crippen LogP contribution is 2.27. The first-order valence-electron chi connectivity index (χ1n) is 5.63. The molecule has 3 N–H and O–H groups in total. The number of ether oxygens (including phenoxy) is 1. The lowest BCUT2D eigenvalue weighted by atomic mass is 10.2. The molecule has 8 heteroatoms. The quantitative estimate of drug-likeness (QED) is 0.619. The molecule has 0 unspecified atom stereocenters. The largest absolute Gasteiger partial charge is 0.394 e. The van der Waals surface area contributed by atoms with Crippen LogP contribution in [0.25, 0.3) is 6.08 Å². The molecule has 1 aliphatic rings. The highest BCUT2D eigenvalue weighted by atomic mass is 127. The van der Waals surface area contributed by atoms with Gasteiger partial charge in [0.1, 0.15) is 12.3 Å². The molecular formula is C11H13IN2O5. The van der Waals surface area contributed by atoms with Crippen LogP contribution in [0.5, 0.6) is 0 Å².